The molecule has 4 heteroatoms. The van der Waals surface area contributed by atoms with E-state index in [1.165, 1.54) is 0 Å². The second-order valence-electron chi connectivity index (χ2n) is 2.43. The van der Waals surface area contributed by atoms with E-state index in [0.29, 0.717) is 10.6 Å². The largest absolute Gasteiger partial charge is 0.366 e. The molecule has 1 aromatic carbocycles. The summed E-state index contributed by atoms with van der Waals surface area (Å²) >= 11 is 9.10. The van der Waals surface area contributed by atoms with Crippen molar-refractivity contribution in [1.29, 1.82) is 0 Å². The van der Waals surface area contributed by atoms with Crippen LogP contribution in [0, 0.1) is 6.92 Å². The first-order valence-corrected chi connectivity index (χ1v) is 4.45. The van der Waals surface area contributed by atoms with Crippen LogP contribution in [0.5, 0.6) is 0 Å². The predicted octanol–water partition coefficient (Wildman–Crippen LogP) is 2.51. The Balaban J connectivity index is 3.31. The van der Waals surface area contributed by atoms with E-state index in [1.54, 1.807) is 12.1 Å². The van der Waals surface area contributed by atoms with E-state index >= 15 is 0 Å². The van der Waals surface area contributed by atoms with Gasteiger partial charge in [-0.25, -0.2) is 0 Å². The first kappa shape index (κ1) is 9.55. The van der Waals surface area contributed by atoms with Crippen LogP contribution in [0.2, 0.25) is 5.02 Å². The number of primary amides is 1. The Hall–Kier alpha value is -0.540. The molecular weight excluding hydrogens is 241 g/mol. The molecule has 12 heavy (non-hydrogen) atoms. The molecule has 1 amide bonds. The molecule has 64 valence electrons. The van der Waals surface area contributed by atoms with Gasteiger partial charge >= 0.3 is 0 Å². The van der Waals surface area contributed by atoms with Crippen molar-refractivity contribution >= 4 is 33.4 Å². The average Bonchev–Trinajstić information content (AvgIpc) is 1.99. The van der Waals surface area contributed by atoms with Gasteiger partial charge < -0.3 is 5.73 Å². The second-order valence-corrected chi connectivity index (χ2v) is 3.69. The molecule has 0 aliphatic carbocycles. The van der Waals surface area contributed by atoms with Crippen LogP contribution in [0.1, 0.15) is 15.9 Å². The van der Waals surface area contributed by atoms with Crippen molar-refractivity contribution in [2.45, 2.75) is 6.92 Å². The summed E-state index contributed by atoms with van der Waals surface area (Å²) in [6.45, 7) is 1.86. The molecule has 0 heterocycles. The van der Waals surface area contributed by atoms with E-state index in [0.717, 1.165) is 10.0 Å². The highest BCUT2D eigenvalue weighted by molar-refractivity contribution is 9.10. The third kappa shape index (κ3) is 1.79. The van der Waals surface area contributed by atoms with Crippen molar-refractivity contribution in [3.63, 3.8) is 0 Å². The number of hydrogen-bond acceptors (Lipinski definition) is 1. The Morgan fingerprint density at radius 2 is 2.17 bits per heavy atom. The summed E-state index contributed by atoms with van der Waals surface area (Å²) in [5, 5.41) is 0.540. The van der Waals surface area contributed by atoms with Gasteiger partial charge in [-0.05, 0) is 24.6 Å². The van der Waals surface area contributed by atoms with Crippen molar-refractivity contribution in [1.82, 2.24) is 0 Å². The van der Waals surface area contributed by atoms with Crippen LogP contribution in [0.3, 0.4) is 0 Å². The SMILES string of the molecule is Cc1c(Cl)cc(C(N)=O)cc1Br. The van der Waals surface area contributed by atoms with Gasteiger partial charge in [-0.1, -0.05) is 27.5 Å². The summed E-state index contributed by atoms with van der Waals surface area (Å²) in [7, 11) is 0. The molecule has 0 aliphatic rings. The monoisotopic (exact) mass is 247 g/mol. The van der Waals surface area contributed by atoms with Crippen molar-refractivity contribution in [2.24, 2.45) is 5.73 Å². The molecular formula is C8H7BrClNO. The summed E-state index contributed by atoms with van der Waals surface area (Å²) in [5.74, 6) is -0.474. The fourth-order valence-electron chi connectivity index (χ4n) is 0.788. The van der Waals surface area contributed by atoms with E-state index in [1.807, 2.05) is 6.92 Å². The average molecular weight is 249 g/mol. The van der Waals surface area contributed by atoms with Gasteiger partial charge in [-0.2, -0.15) is 0 Å². The van der Waals surface area contributed by atoms with Crippen LogP contribution in [-0.4, -0.2) is 5.91 Å². The number of hydrogen-bond donors (Lipinski definition) is 1. The molecule has 0 saturated heterocycles. The lowest BCUT2D eigenvalue weighted by Gasteiger charge is -2.02. The van der Waals surface area contributed by atoms with Crippen molar-refractivity contribution in [2.75, 3.05) is 0 Å². The van der Waals surface area contributed by atoms with Crippen molar-refractivity contribution in [3.8, 4) is 0 Å². The van der Waals surface area contributed by atoms with E-state index in [-0.39, 0.29) is 0 Å². The summed E-state index contributed by atoms with van der Waals surface area (Å²) < 4.78 is 0.795. The standard InChI is InChI=1S/C8H7BrClNO/c1-4-6(9)2-5(8(11)12)3-7(4)10/h2-3H,1H3,(H2,11,12). The van der Waals surface area contributed by atoms with Crippen LogP contribution in [-0.2, 0) is 0 Å². The van der Waals surface area contributed by atoms with Gasteiger partial charge in [0, 0.05) is 15.1 Å². The lowest BCUT2D eigenvalue weighted by molar-refractivity contribution is 0.1000. The van der Waals surface area contributed by atoms with Crippen LogP contribution in [0.4, 0.5) is 0 Å². The summed E-state index contributed by atoms with van der Waals surface area (Å²) in [5.41, 5.74) is 6.40. The third-order valence-corrected chi connectivity index (χ3v) is 2.78. The van der Waals surface area contributed by atoms with Gasteiger partial charge in [0.25, 0.3) is 0 Å². The van der Waals surface area contributed by atoms with Gasteiger partial charge in [0.05, 0.1) is 0 Å². The Kier molecular flexibility index (Phi) is 2.75. The molecule has 0 bridgehead atoms. The minimum atomic E-state index is -0.474. The van der Waals surface area contributed by atoms with E-state index in [9.17, 15) is 4.79 Å². The molecule has 2 N–H and O–H groups in total. The number of nitrogens with two attached hydrogens (primary N) is 1. The smallest absolute Gasteiger partial charge is 0.248 e. The normalized spacial score (nSPS) is 9.92. The molecule has 0 aliphatic heterocycles. The first-order chi connectivity index (χ1) is 5.52. The molecule has 0 spiro atoms. The highest BCUT2D eigenvalue weighted by Gasteiger charge is 2.06. The summed E-state index contributed by atoms with van der Waals surface area (Å²) in [4.78, 5) is 10.8. The van der Waals surface area contributed by atoms with Crippen molar-refractivity contribution < 1.29 is 4.79 Å². The van der Waals surface area contributed by atoms with Crippen LogP contribution >= 0.6 is 27.5 Å². The maximum Gasteiger partial charge on any atom is 0.248 e. The molecule has 0 aromatic heterocycles. The van der Waals surface area contributed by atoms with Crippen molar-refractivity contribution in [3.05, 3.63) is 32.8 Å². The molecule has 1 rings (SSSR count). The van der Waals surface area contributed by atoms with Gasteiger partial charge in [0.15, 0.2) is 0 Å². The lowest BCUT2D eigenvalue weighted by atomic mass is 10.1. The van der Waals surface area contributed by atoms with Gasteiger partial charge in [0.1, 0.15) is 0 Å². The molecule has 2 nitrogen and oxygen atoms in total. The predicted molar refractivity (Wildman–Crippen MR) is 52.4 cm³/mol. The highest BCUT2D eigenvalue weighted by atomic mass is 79.9. The Morgan fingerprint density at radius 1 is 1.58 bits per heavy atom. The minimum absolute atomic E-state index is 0.414. The fraction of sp³-hybridized carbons (Fsp3) is 0.125. The molecule has 0 fully saturated rings. The van der Waals surface area contributed by atoms with Crippen LogP contribution in [0.15, 0.2) is 16.6 Å². The number of benzene rings is 1. The summed E-state index contributed by atoms with van der Waals surface area (Å²) in [6.07, 6.45) is 0. The first-order valence-electron chi connectivity index (χ1n) is 3.28. The summed E-state index contributed by atoms with van der Waals surface area (Å²) in [6, 6.07) is 3.22. The zero-order valence-corrected chi connectivity index (χ0v) is 8.74. The quantitative estimate of drug-likeness (QED) is 0.815. The highest BCUT2D eigenvalue weighted by Crippen LogP contribution is 2.25. The molecule has 0 atom stereocenters. The molecule has 0 saturated carbocycles. The minimum Gasteiger partial charge on any atom is -0.366 e. The molecule has 0 unspecified atom stereocenters. The molecule has 1 aromatic rings. The van der Waals surface area contributed by atoms with E-state index in [4.69, 9.17) is 17.3 Å². The zero-order valence-electron chi connectivity index (χ0n) is 6.40. The third-order valence-electron chi connectivity index (χ3n) is 1.57. The number of rotatable bonds is 1. The van der Waals surface area contributed by atoms with Gasteiger partial charge in [0.2, 0.25) is 5.91 Å². The van der Waals surface area contributed by atoms with Crippen LogP contribution in [0.25, 0.3) is 0 Å². The van der Waals surface area contributed by atoms with E-state index < -0.39 is 5.91 Å². The number of amides is 1. The van der Waals surface area contributed by atoms with Gasteiger partial charge in [-0.3, -0.25) is 4.79 Å². The topological polar surface area (TPSA) is 43.1 Å². The Labute approximate surface area is 83.8 Å². The zero-order chi connectivity index (χ0) is 9.30. The second kappa shape index (κ2) is 3.46. The molecule has 0 radical (unpaired) electrons. The number of halogens is 2. The maximum absolute atomic E-state index is 10.8. The lowest BCUT2D eigenvalue weighted by Crippen LogP contribution is -2.10. The van der Waals surface area contributed by atoms with Gasteiger partial charge in [-0.15, -0.1) is 0 Å². The van der Waals surface area contributed by atoms with E-state index in [2.05, 4.69) is 15.9 Å². The Bertz CT molecular complexity index is 315. The number of carbonyl (C=O) groups is 1. The fourth-order valence-corrected chi connectivity index (χ4v) is 1.58. The maximum atomic E-state index is 10.8. The number of carbonyl (C=O) groups excluding carboxylic acids is 1. The van der Waals surface area contributed by atoms with Crippen LogP contribution < -0.4 is 5.73 Å². The Morgan fingerprint density at radius 3 is 2.58 bits per heavy atom.